The molecule has 3 heterocycles. The third-order valence-corrected chi connectivity index (χ3v) is 3.62. The van der Waals surface area contributed by atoms with E-state index in [-0.39, 0.29) is 5.82 Å². The van der Waals surface area contributed by atoms with Crippen LogP contribution in [0.3, 0.4) is 0 Å². The van der Waals surface area contributed by atoms with E-state index in [1.54, 1.807) is 22.0 Å². The molecule has 0 bridgehead atoms. The van der Waals surface area contributed by atoms with Crippen molar-refractivity contribution in [2.24, 2.45) is 0 Å². The lowest BCUT2D eigenvalue weighted by atomic mass is 10.3. The molecule has 0 atom stereocenters. The predicted octanol–water partition coefficient (Wildman–Crippen LogP) is 1.95. The van der Waals surface area contributed by atoms with Crippen molar-refractivity contribution in [3.63, 3.8) is 0 Å². The van der Waals surface area contributed by atoms with E-state index in [0.29, 0.717) is 5.78 Å². The minimum Gasteiger partial charge on any atom is -0.463 e. The molecule has 0 aromatic carbocycles. The third-order valence-electron chi connectivity index (χ3n) is 2.60. The summed E-state index contributed by atoms with van der Waals surface area (Å²) >= 11 is 1.65. The number of hydrogen-bond donors (Lipinski definition) is 0. The first-order valence-corrected chi connectivity index (χ1v) is 6.37. The number of ether oxygens (including phenoxy) is 1. The second kappa shape index (κ2) is 4.43. The van der Waals surface area contributed by atoms with Crippen molar-refractivity contribution in [2.45, 2.75) is 6.92 Å². The Morgan fingerprint density at radius 3 is 2.89 bits per heavy atom. The van der Waals surface area contributed by atoms with E-state index in [2.05, 4.69) is 19.8 Å². The molecule has 0 aliphatic carbocycles. The van der Waals surface area contributed by atoms with Crippen LogP contribution in [-0.2, 0) is 4.74 Å². The van der Waals surface area contributed by atoms with Crippen LogP contribution in [0, 0.1) is 6.92 Å². The Balaban J connectivity index is 2.20. The molecule has 0 unspecified atom stereocenters. The fourth-order valence-electron chi connectivity index (χ4n) is 1.73. The summed E-state index contributed by atoms with van der Waals surface area (Å²) < 4.78 is 6.17. The standard InChI is InChI=1S/C12H10N4O2S/c1-7-3-4-9(19-7)8-5-6-13-12-14-10(11(17)18-2)15-16(8)12/h3-6H,1-2H3. The molecule has 3 rings (SSSR count). The van der Waals surface area contributed by atoms with Gasteiger partial charge in [0.05, 0.1) is 17.7 Å². The second-order valence-electron chi connectivity index (χ2n) is 3.88. The van der Waals surface area contributed by atoms with Crippen LogP contribution in [0.2, 0.25) is 0 Å². The molecule has 0 aliphatic heterocycles. The molecule has 0 N–H and O–H groups in total. The van der Waals surface area contributed by atoms with Gasteiger partial charge in [-0.3, -0.25) is 0 Å². The number of esters is 1. The number of aromatic nitrogens is 4. The average Bonchev–Trinajstić information content (AvgIpc) is 3.03. The highest BCUT2D eigenvalue weighted by Crippen LogP contribution is 2.27. The summed E-state index contributed by atoms with van der Waals surface area (Å²) in [5, 5.41) is 4.14. The van der Waals surface area contributed by atoms with Crippen molar-refractivity contribution >= 4 is 23.1 Å². The monoisotopic (exact) mass is 274 g/mol. The zero-order valence-corrected chi connectivity index (χ0v) is 11.1. The van der Waals surface area contributed by atoms with Gasteiger partial charge in [-0.25, -0.2) is 9.78 Å². The number of nitrogens with zero attached hydrogens (tertiary/aromatic N) is 4. The molecular formula is C12H10N4O2S. The van der Waals surface area contributed by atoms with Crippen molar-refractivity contribution in [3.05, 3.63) is 35.1 Å². The molecule has 0 saturated heterocycles. The van der Waals surface area contributed by atoms with Crippen LogP contribution in [0.15, 0.2) is 24.4 Å². The Labute approximate surface area is 112 Å². The lowest BCUT2D eigenvalue weighted by Crippen LogP contribution is -2.04. The van der Waals surface area contributed by atoms with Crippen LogP contribution >= 0.6 is 11.3 Å². The number of fused-ring (bicyclic) bond motifs is 1. The van der Waals surface area contributed by atoms with E-state index in [1.807, 2.05) is 25.1 Å². The van der Waals surface area contributed by atoms with Gasteiger partial charge in [0.2, 0.25) is 0 Å². The van der Waals surface area contributed by atoms with Crippen LogP contribution in [0.1, 0.15) is 15.5 Å². The minimum absolute atomic E-state index is 0.00993. The molecule has 7 heteroatoms. The lowest BCUT2D eigenvalue weighted by molar-refractivity contribution is 0.0587. The largest absolute Gasteiger partial charge is 0.463 e. The SMILES string of the molecule is COC(=O)c1nc2nccc(-c3ccc(C)s3)n2n1. The summed E-state index contributed by atoms with van der Waals surface area (Å²) in [4.78, 5) is 21.8. The third kappa shape index (κ3) is 1.97. The summed E-state index contributed by atoms with van der Waals surface area (Å²) in [6.45, 7) is 2.04. The zero-order valence-electron chi connectivity index (χ0n) is 10.3. The summed E-state index contributed by atoms with van der Waals surface area (Å²) in [7, 11) is 1.30. The van der Waals surface area contributed by atoms with Gasteiger partial charge in [0, 0.05) is 11.1 Å². The summed E-state index contributed by atoms with van der Waals surface area (Å²) in [5.41, 5.74) is 0.853. The Morgan fingerprint density at radius 2 is 2.21 bits per heavy atom. The first kappa shape index (κ1) is 11.8. The number of aryl methyl sites for hydroxylation is 1. The van der Waals surface area contributed by atoms with Gasteiger partial charge in [-0.2, -0.15) is 9.50 Å². The van der Waals surface area contributed by atoms with E-state index in [0.717, 1.165) is 10.6 Å². The smallest absolute Gasteiger partial charge is 0.378 e. The number of thiophene rings is 1. The summed E-state index contributed by atoms with van der Waals surface area (Å²) in [6.07, 6.45) is 1.65. The quantitative estimate of drug-likeness (QED) is 0.668. The molecule has 0 radical (unpaired) electrons. The van der Waals surface area contributed by atoms with Crippen molar-refractivity contribution < 1.29 is 9.53 Å². The molecule has 0 amide bonds. The topological polar surface area (TPSA) is 69.4 Å². The van der Waals surface area contributed by atoms with E-state index >= 15 is 0 Å². The van der Waals surface area contributed by atoms with Crippen LogP contribution in [0.5, 0.6) is 0 Å². The van der Waals surface area contributed by atoms with E-state index < -0.39 is 5.97 Å². The van der Waals surface area contributed by atoms with Crippen molar-refractivity contribution in [1.82, 2.24) is 19.6 Å². The van der Waals surface area contributed by atoms with Crippen molar-refractivity contribution in [1.29, 1.82) is 0 Å². The second-order valence-corrected chi connectivity index (χ2v) is 5.17. The van der Waals surface area contributed by atoms with Gasteiger partial charge in [0.1, 0.15) is 0 Å². The van der Waals surface area contributed by atoms with Gasteiger partial charge in [-0.1, -0.05) is 0 Å². The molecular weight excluding hydrogens is 264 g/mol. The van der Waals surface area contributed by atoms with E-state index in [9.17, 15) is 4.79 Å². The fraction of sp³-hybridized carbons (Fsp3) is 0.167. The molecule has 0 saturated carbocycles. The highest BCUT2D eigenvalue weighted by atomic mass is 32.1. The minimum atomic E-state index is -0.571. The Bertz CT molecular complexity index is 762. The summed E-state index contributed by atoms with van der Waals surface area (Å²) in [6, 6.07) is 5.88. The van der Waals surface area contributed by atoms with Gasteiger partial charge >= 0.3 is 5.97 Å². The molecule has 96 valence electrons. The maximum Gasteiger partial charge on any atom is 0.378 e. The molecule has 0 aliphatic rings. The first-order chi connectivity index (χ1) is 9.19. The Morgan fingerprint density at radius 1 is 1.37 bits per heavy atom. The molecule has 0 fully saturated rings. The molecule has 3 aromatic rings. The van der Waals surface area contributed by atoms with Crippen LogP contribution < -0.4 is 0 Å². The lowest BCUT2D eigenvalue weighted by Gasteiger charge is -1.99. The van der Waals surface area contributed by atoms with E-state index in [4.69, 9.17) is 0 Å². The maximum atomic E-state index is 11.4. The van der Waals surface area contributed by atoms with Gasteiger partial charge < -0.3 is 4.74 Å². The normalized spacial score (nSPS) is 10.8. The number of carbonyl (C=O) groups excluding carboxylic acids is 1. The molecule has 6 nitrogen and oxygen atoms in total. The summed E-state index contributed by atoms with van der Waals surface area (Å²) in [5.74, 6) is -0.182. The van der Waals surface area contributed by atoms with Gasteiger partial charge in [0.15, 0.2) is 0 Å². The van der Waals surface area contributed by atoms with Crippen molar-refractivity contribution in [3.8, 4) is 10.6 Å². The van der Waals surface area contributed by atoms with E-state index in [1.165, 1.54) is 12.0 Å². The number of hydrogen-bond acceptors (Lipinski definition) is 6. The van der Waals surface area contributed by atoms with Crippen LogP contribution in [0.25, 0.3) is 16.3 Å². The average molecular weight is 274 g/mol. The van der Waals surface area contributed by atoms with Crippen LogP contribution in [-0.4, -0.2) is 32.7 Å². The zero-order chi connectivity index (χ0) is 13.4. The number of carbonyl (C=O) groups is 1. The number of methoxy groups -OCH3 is 1. The molecule has 0 spiro atoms. The number of rotatable bonds is 2. The predicted molar refractivity (Wildman–Crippen MR) is 70.2 cm³/mol. The fourth-order valence-corrected chi connectivity index (χ4v) is 2.61. The Hall–Kier alpha value is -2.28. The molecule has 3 aromatic heterocycles. The maximum absolute atomic E-state index is 11.4. The van der Waals surface area contributed by atoms with Crippen molar-refractivity contribution in [2.75, 3.05) is 7.11 Å². The van der Waals surface area contributed by atoms with Gasteiger partial charge in [0.25, 0.3) is 11.6 Å². The first-order valence-electron chi connectivity index (χ1n) is 5.56. The highest BCUT2D eigenvalue weighted by Gasteiger charge is 2.16. The van der Waals surface area contributed by atoms with Gasteiger partial charge in [-0.05, 0) is 25.1 Å². The van der Waals surface area contributed by atoms with Crippen LogP contribution in [0.4, 0.5) is 0 Å². The van der Waals surface area contributed by atoms with Gasteiger partial charge in [-0.15, -0.1) is 16.4 Å². The Kier molecular flexibility index (Phi) is 2.75. The highest BCUT2D eigenvalue weighted by molar-refractivity contribution is 7.15. The molecule has 19 heavy (non-hydrogen) atoms.